The summed E-state index contributed by atoms with van der Waals surface area (Å²) in [5.41, 5.74) is 3.80. The number of hydrogen-bond acceptors (Lipinski definition) is 2. The van der Waals surface area contributed by atoms with E-state index in [1.807, 2.05) is 18.2 Å². The second-order valence-electron chi connectivity index (χ2n) is 5.18. The zero-order chi connectivity index (χ0) is 14.6. The van der Waals surface area contributed by atoms with Crippen LogP contribution in [0.2, 0.25) is 0 Å². The van der Waals surface area contributed by atoms with Gasteiger partial charge in [-0.15, -0.1) is 0 Å². The van der Waals surface area contributed by atoms with Crippen LogP contribution < -0.4 is 5.43 Å². The van der Waals surface area contributed by atoms with Crippen molar-refractivity contribution in [2.24, 2.45) is 5.10 Å². The highest BCUT2D eigenvalue weighted by atomic mass is 16.2. The van der Waals surface area contributed by atoms with E-state index in [2.05, 4.69) is 36.5 Å². The van der Waals surface area contributed by atoms with Crippen LogP contribution in [0.3, 0.4) is 0 Å². The third kappa shape index (κ3) is 7.07. The highest BCUT2D eigenvalue weighted by Gasteiger charge is 2.02. The normalized spacial score (nSPS) is 12.5. The van der Waals surface area contributed by atoms with Gasteiger partial charge in [0.2, 0.25) is 5.91 Å². The van der Waals surface area contributed by atoms with Crippen molar-refractivity contribution in [3.8, 4) is 0 Å². The number of rotatable bonds is 9. The van der Waals surface area contributed by atoms with Crippen molar-refractivity contribution < 1.29 is 4.79 Å². The van der Waals surface area contributed by atoms with Crippen molar-refractivity contribution in [3.63, 3.8) is 0 Å². The standard InChI is InChI=1S/C17H26N2O/c1-3-4-5-6-10-13-17(20)19-18-14-15(2)16-11-8-7-9-12-16/h7-9,11-12,14-15H,3-6,10,13H2,1-2H3,(H,19,20)/b18-14+. The fourth-order valence-electron chi connectivity index (χ4n) is 2.01. The molecule has 110 valence electrons. The Morgan fingerprint density at radius 3 is 2.60 bits per heavy atom. The molecule has 1 N–H and O–H groups in total. The monoisotopic (exact) mass is 274 g/mol. The van der Waals surface area contributed by atoms with E-state index in [1.54, 1.807) is 6.21 Å². The number of hydrogen-bond donors (Lipinski definition) is 1. The van der Waals surface area contributed by atoms with Crippen molar-refractivity contribution in [2.75, 3.05) is 0 Å². The van der Waals surface area contributed by atoms with Gasteiger partial charge in [0.05, 0.1) is 0 Å². The van der Waals surface area contributed by atoms with Gasteiger partial charge in [-0.05, 0) is 12.0 Å². The predicted octanol–water partition coefficient (Wildman–Crippen LogP) is 4.25. The topological polar surface area (TPSA) is 41.5 Å². The number of carbonyl (C=O) groups is 1. The maximum absolute atomic E-state index is 11.6. The molecule has 0 aliphatic heterocycles. The van der Waals surface area contributed by atoms with Crippen molar-refractivity contribution in [1.29, 1.82) is 0 Å². The minimum atomic E-state index is 0.0120. The number of benzene rings is 1. The summed E-state index contributed by atoms with van der Waals surface area (Å²) in [7, 11) is 0. The maximum Gasteiger partial charge on any atom is 0.240 e. The Hall–Kier alpha value is -1.64. The summed E-state index contributed by atoms with van der Waals surface area (Å²) in [6, 6.07) is 10.1. The molecule has 1 unspecified atom stereocenters. The molecule has 1 amide bonds. The molecule has 0 radical (unpaired) electrons. The first-order valence-corrected chi connectivity index (χ1v) is 7.61. The van der Waals surface area contributed by atoms with Crippen molar-refractivity contribution in [3.05, 3.63) is 35.9 Å². The summed E-state index contributed by atoms with van der Waals surface area (Å²) in [6.45, 7) is 4.26. The zero-order valence-corrected chi connectivity index (χ0v) is 12.6. The van der Waals surface area contributed by atoms with Crippen LogP contribution in [0.1, 0.15) is 63.9 Å². The minimum Gasteiger partial charge on any atom is -0.273 e. The number of nitrogens with zero attached hydrogens (tertiary/aromatic N) is 1. The van der Waals surface area contributed by atoms with E-state index in [4.69, 9.17) is 0 Å². The Balaban J connectivity index is 2.18. The quantitative estimate of drug-likeness (QED) is 0.408. The highest BCUT2D eigenvalue weighted by molar-refractivity contribution is 5.77. The van der Waals surface area contributed by atoms with Gasteiger partial charge in [0.1, 0.15) is 0 Å². The largest absolute Gasteiger partial charge is 0.273 e. The number of hydrazone groups is 1. The van der Waals surface area contributed by atoms with Gasteiger partial charge >= 0.3 is 0 Å². The van der Waals surface area contributed by atoms with Gasteiger partial charge in [0, 0.05) is 18.6 Å². The average molecular weight is 274 g/mol. The molecule has 0 fully saturated rings. The molecule has 0 bridgehead atoms. The highest BCUT2D eigenvalue weighted by Crippen LogP contribution is 2.11. The van der Waals surface area contributed by atoms with E-state index in [1.165, 1.54) is 24.8 Å². The summed E-state index contributed by atoms with van der Waals surface area (Å²) < 4.78 is 0. The molecular formula is C17H26N2O. The Labute approximate surface area is 122 Å². The molecule has 0 aliphatic carbocycles. The van der Waals surface area contributed by atoms with Crippen LogP contribution >= 0.6 is 0 Å². The second-order valence-corrected chi connectivity index (χ2v) is 5.18. The third-order valence-electron chi connectivity index (χ3n) is 3.32. The molecule has 0 saturated carbocycles. The first-order chi connectivity index (χ1) is 9.74. The molecule has 1 rings (SSSR count). The summed E-state index contributed by atoms with van der Waals surface area (Å²) in [5.74, 6) is 0.221. The minimum absolute atomic E-state index is 0.0120. The van der Waals surface area contributed by atoms with Crippen LogP contribution in [0, 0.1) is 0 Å². The molecule has 1 atom stereocenters. The van der Waals surface area contributed by atoms with E-state index >= 15 is 0 Å². The zero-order valence-electron chi connectivity index (χ0n) is 12.6. The van der Waals surface area contributed by atoms with Gasteiger partial charge in [-0.3, -0.25) is 4.79 Å². The van der Waals surface area contributed by atoms with E-state index in [-0.39, 0.29) is 11.8 Å². The first kappa shape index (κ1) is 16.4. The summed E-state index contributed by atoms with van der Waals surface area (Å²) in [4.78, 5) is 11.6. The molecular weight excluding hydrogens is 248 g/mol. The van der Waals surface area contributed by atoms with Crippen molar-refractivity contribution in [1.82, 2.24) is 5.43 Å². The SMILES string of the molecule is CCCCCCCC(=O)N/N=C/C(C)c1ccccc1. The number of carbonyl (C=O) groups excluding carboxylic acids is 1. The molecule has 3 heteroatoms. The molecule has 3 nitrogen and oxygen atoms in total. The van der Waals surface area contributed by atoms with Crippen LogP contribution in [0.25, 0.3) is 0 Å². The van der Waals surface area contributed by atoms with Crippen LogP contribution in [-0.4, -0.2) is 12.1 Å². The van der Waals surface area contributed by atoms with Gasteiger partial charge in [-0.2, -0.15) is 5.10 Å². The summed E-state index contributed by atoms with van der Waals surface area (Å²) in [6.07, 6.45) is 8.15. The van der Waals surface area contributed by atoms with Gasteiger partial charge in [0.25, 0.3) is 0 Å². The lowest BCUT2D eigenvalue weighted by molar-refractivity contribution is -0.121. The number of nitrogens with one attached hydrogen (secondary N) is 1. The van der Waals surface area contributed by atoms with Crippen molar-refractivity contribution >= 4 is 12.1 Å². The first-order valence-electron chi connectivity index (χ1n) is 7.61. The number of amides is 1. The van der Waals surface area contributed by atoms with E-state index < -0.39 is 0 Å². The van der Waals surface area contributed by atoms with Crippen molar-refractivity contribution in [2.45, 2.75) is 58.3 Å². The molecule has 0 saturated heterocycles. The van der Waals surface area contributed by atoms with Gasteiger partial charge in [-0.25, -0.2) is 5.43 Å². The molecule has 0 spiro atoms. The molecule has 0 heterocycles. The summed E-state index contributed by atoms with van der Waals surface area (Å²) >= 11 is 0. The molecule has 0 aliphatic rings. The fourth-order valence-corrected chi connectivity index (χ4v) is 2.01. The lowest BCUT2D eigenvalue weighted by Crippen LogP contribution is -2.17. The van der Waals surface area contributed by atoms with Gasteiger partial charge in [0.15, 0.2) is 0 Å². The smallest absolute Gasteiger partial charge is 0.240 e. The fraction of sp³-hybridized carbons (Fsp3) is 0.529. The third-order valence-corrected chi connectivity index (χ3v) is 3.32. The van der Waals surface area contributed by atoms with Gasteiger partial charge < -0.3 is 0 Å². The lowest BCUT2D eigenvalue weighted by atomic mass is 10.0. The maximum atomic E-state index is 11.6. The Morgan fingerprint density at radius 2 is 1.90 bits per heavy atom. The average Bonchev–Trinajstić information content (AvgIpc) is 2.48. The molecule has 1 aromatic rings. The lowest BCUT2D eigenvalue weighted by Gasteiger charge is -2.05. The van der Waals surface area contributed by atoms with E-state index in [0.29, 0.717) is 6.42 Å². The number of unbranched alkanes of at least 4 members (excludes halogenated alkanes) is 4. The Bertz CT molecular complexity index is 401. The van der Waals surface area contributed by atoms with E-state index in [0.717, 1.165) is 12.8 Å². The van der Waals surface area contributed by atoms with E-state index in [9.17, 15) is 4.79 Å². The second kappa shape index (κ2) is 10.2. The van der Waals surface area contributed by atoms with Crippen LogP contribution in [0.15, 0.2) is 35.4 Å². The van der Waals surface area contributed by atoms with Crippen LogP contribution in [0.4, 0.5) is 0 Å². The Kier molecular flexibility index (Phi) is 8.36. The Morgan fingerprint density at radius 1 is 1.20 bits per heavy atom. The molecule has 0 aromatic heterocycles. The van der Waals surface area contributed by atoms with Gasteiger partial charge in [-0.1, -0.05) is 69.9 Å². The van der Waals surface area contributed by atoms with Crippen LogP contribution in [-0.2, 0) is 4.79 Å². The molecule has 1 aromatic carbocycles. The molecule has 20 heavy (non-hydrogen) atoms. The predicted molar refractivity (Wildman–Crippen MR) is 84.9 cm³/mol. The van der Waals surface area contributed by atoms with Crippen LogP contribution in [0.5, 0.6) is 0 Å². The summed E-state index contributed by atoms with van der Waals surface area (Å²) in [5, 5.41) is 4.04.